The molecule has 0 aliphatic carbocycles. The number of aliphatic carboxylic acids is 1. The molecule has 0 bridgehead atoms. The Morgan fingerprint density at radius 3 is 2.59 bits per heavy atom. The van der Waals surface area contributed by atoms with Crippen LogP contribution in [0.1, 0.15) is 28.0 Å². The average molecular weight is 516 g/mol. The molecule has 0 saturated carbocycles. The van der Waals surface area contributed by atoms with Crippen LogP contribution in [0.15, 0.2) is 47.8 Å². The lowest BCUT2D eigenvalue weighted by Crippen LogP contribution is -2.41. The highest BCUT2D eigenvalue weighted by molar-refractivity contribution is 7.98. The van der Waals surface area contributed by atoms with E-state index >= 15 is 0 Å². The fourth-order valence-corrected chi connectivity index (χ4v) is 4.75. The van der Waals surface area contributed by atoms with Gasteiger partial charge in [0, 0.05) is 22.3 Å². The summed E-state index contributed by atoms with van der Waals surface area (Å²) in [5.74, 6) is -1.16. The molecule has 0 aliphatic rings. The largest absolute Gasteiger partial charge is 0.480 e. The van der Waals surface area contributed by atoms with E-state index in [0.717, 1.165) is 16.8 Å². The zero-order valence-electron chi connectivity index (χ0n) is 18.7. The number of carboxylic acids is 1. The molecule has 178 valence electrons. The lowest BCUT2D eigenvalue weighted by atomic mass is 9.94. The molecule has 1 atom stereocenters. The van der Waals surface area contributed by atoms with Crippen LogP contribution in [0, 0.1) is 10.9 Å². The van der Waals surface area contributed by atoms with Crippen molar-refractivity contribution < 1.29 is 19.5 Å². The second kappa shape index (κ2) is 12.0. The van der Waals surface area contributed by atoms with Crippen LogP contribution >= 0.6 is 35.3 Å². The zero-order valence-corrected chi connectivity index (χ0v) is 21.2. The number of aromatic amines is 1. The van der Waals surface area contributed by atoms with E-state index in [1.165, 1.54) is 23.1 Å². The molecule has 4 N–H and O–H groups in total. The van der Waals surface area contributed by atoms with Crippen molar-refractivity contribution in [1.29, 1.82) is 0 Å². The number of aromatic nitrogens is 1. The molecule has 1 heterocycles. The first-order valence-electron chi connectivity index (χ1n) is 10.5. The highest BCUT2D eigenvalue weighted by atomic mass is 32.2. The Hall–Kier alpha value is -2.95. The number of hydrogen-bond donors (Lipinski definition) is 4. The van der Waals surface area contributed by atoms with E-state index in [1.54, 1.807) is 18.2 Å². The van der Waals surface area contributed by atoms with E-state index < -0.39 is 17.9 Å². The van der Waals surface area contributed by atoms with E-state index in [0.29, 0.717) is 32.9 Å². The van der Waals surface area contributed by atoms with E-state index in [9.17, 15) is 19.5 Å². The van der Waals surface area contributed by atoms with Gasteiger partial charge < -0.3 is 20.7 Å². The van der Waals surface area contributed by atoms with Crippen LogP contribution in [0.25, 0.3) is 11.1 Å². The van der Waals surface area contributed by atoms with Crippen molar-refractivity contribution in [3.63, 3.8) is 0 Å². The maximum Gasteiger partial charge on any atom is 0.326 e. The number of benzene rings is 2. The summed E-state index contributed by atoms with van der Waals surface area (Å²) in [6.07, 6.45) is 2.35. The van der Waals surface area contributed by atoms with Crippen molar-refractivity contribution in [2.45, 2.75) is 25.8 Å². The third kappa shape index (κ3) is 6.78. The van der Waals surface area contributed by atoms with Gasteiger partial charge in [-0.1, -0.05) is 24.3 Å². The Bertz CT molecular complexity index is 1250. The zero-order chi connectivity index (χ0) is 24.7. The first-order valence-corrected chi connectivity index (χ1v) is 13.2. The minimum atomic E-state index is -1.07. The van der Waals surface area contributed by atoms with Gasteiger partial charge in [0.05, 0.1) is 6.42 Å². The molecule has 3 aromatic rings. The maximum atomic E-state index is 13.1. The molecule has 0 unspecified atom stereocenters. The molecule has 34 heavy (non-hydrogen) atoms. The Kier molecular flexibility index (Phi) is 9.03. The minimum absolute atomic E-state index is 0.144. The van der Waals surface area contributed by atoms with Gasteiger partial charge in [-0.15, -0.1) is 11.3 Å². The van der Waals surface area contributed by atoms with E-state index in [4.69, 9.17) is 12.2 Å². The van der Waals surface area contributed by atoms with Gasteiger partial charge >= 0.3 is 5.97 Å². The van der Waals surface area contributed by atoms with Gasteiger partial charge in [-0.2, -0.15) is 11.8 Å². The van der Waals surface area contributed by atoms with Crippen LogP contribution in [0.5, 0.6) is 0 Å². The van der Waals surface area contributed by atoms with Crippen molar-refractivity contribution >= 4 is 58.8 Å². The lowest BCUT2D eigenvalue weighted by molar-refractivity contribution is -0.139. The van der Waals surface area contributed by atoms with Gasteiger partial charge in [0.2, 0.25) is 5.91 Å². The summed E-state index contributed by atoms with van der Waals surface area (Å²) in [5.41, 5.74) is 3.98. The second-order valence-electron chi connectivity index (χ2n) is 7.62. The number of anilines is 1. The number of thioether (sulfide) groups is 1. The van der Waals surface area contributed by atoms with Gasteiger partial charge in [-0.3, -0.25) is 9.59 Å². The number of amides is 2. The molecule has 0 fully saturated rings. The molecule has 2 aromatic carbocycles. The fourth-order valence-electron chi connectivity index (χ4n) is 3.43. The minimum Gasteiger partial charge on any atom is -0.480 e. The number of thiazole rings is 1. The molecule has 7 nitrogen and oxygen atoms in total. The van der Waals surface area contributed by atoms with Gasteiger partial charge in [-0.25, -0.2) is 4.79 Å². The van der Waals surface area contributed by atoms with Crippen LogP contribution in [0.3, 0.4) is 0 Å². The van der Waals surface area contributed by atoms with Gasteiger partial charge in [0.25, 0.3) is 5.91 Å². The van der Waals surface area contributed by atoms with Gasteiger partial charge in [0.1, 0.15) is 6.04 Å². The van der Waals surface area contributed by atoms with Crippen molar-refractivity contribution in [3.05, 3.63) is 68.6 Å². The summed E-state index contributed by atoms with van der Waals surface area (Å²) < 4.78 is 0.609. The summed E-state index contributed by atoms with van der Waals surface area (Å²) >= 11 is 7.94. The summed E-state index contributed by atoms with van der Waals surface area (Å²) in [6, 6.07) is 11.6. The predicted octanol–water partition coefficient (Wildman–Crippen LogP) is 4.90. The number of rotatable bonds is 10. The molecular weight excluding hydrogens is 490 g/mol. The predicted molar refractivity (Wildman–Crippen MR) is 140 cm³/mol. The number of H-pyrrole nitrogens is 1. The van der Waals surface area contributed by atoms with Gasteiger partial charge in [0.15, 0.2) is 3.95 Å². The third-order valence-electron chi connectivity index (χ3n) is 5.12. The van der Waals surface area contributed by atoms with Crippen LogP contribution in [-0.2, 0) is 16.0 Å². The Balaban J connectivity index is 1.90. The average Bonchev–Trinajstić information content (AvgIpc) is 3.20. The van der Waals surface area contributed by atoms with Crippen LogP contribution in [0.2, 0.25) is 0 Å². The fraction of sp³-hybridized carbons (Fsp3) is 0.250. The van der Waals surface area contributed by atoms with Crippen molar-refractivity contribution in [2.24, 2.45) is 0 Å². The van der Waals surface area contributed by atoms with Crippen molar-refractivity contribution in [1.82, 2.24) is 10.3 Å². The Morgan fingerprint density at radius 1 is 1.18 bits per heavy atom. The molecule has 0 radical (unpaired) electrons. The molecule has 1 aromatic heterocycles. The number of carbonyl (C=O) groups excluding carboxylic acids is 2. The lowest BCUT2D eigenvalue weighted by Gasteiger charge is -2.18. The number of carboxylic acid groups (broad SMARTS) is 1. The van der Waals surface area contributed by atoms with E-state index in [1.807, 2.05) is 42.8 Å². The van der Waals surface area contributed by atoms with Crippen molar-refractivity contribution in [2.75, 3.05) is 17.3 Å². The van der Waals surface area contributed by atoms with Gasteiger partial charge in [-0.05, 0) is 72.5 Å². The number of carbonyl (C=O) groups is 3. The first kappa shape index (κ1) is 25.7. The molecule has 2 amide bonds. The molecular formula is C24H25N3O4S3. The highest BCUT2D eigenvalue weighted by Crippen LogP contribution is 2.30. The van der Waals surface area contributed by atoms with Crippen LogP contribution < -0.4 is 10.6 Å². The topological polar surface area (TPSA) is 111 Å². The smallest absolute Gasteiger partial charge is 0.326 e. The number of hydrogen-bond acceptors (Lipinski definition) is 6. The second-order valence-corrected chi connectivity index (χ2v) is 10.2. The Morgan fingerprint density at radius 2 is 1.94 bits per heavy atom. The number of aryl methyl sites for hydroxylation is 1. The molecule has 0 saturated heterocycles. The molecule has 10 heteroatoms. The molecule has 0 aliphatic heterocycles. The highest BCUT2D eigenvalue weighted by Gasteiger charge is 2.23. The monoisotopic (exact) mass is 515 g/mol. The van der Waals surface area contributed by atoms with E-state index in [2.05, 4.69) is 15.6 Å². The normalized spacial score (nSPS) is 11.6. The first-order chi connectivity index (χ1) is 16.3. The summed E-state index contributed by atoms with van der Waals surface area (Å²) in [6.45, 7) is 1.93. The SMILES string of the molecule is CSCC[C@H](NC(=O)c1ccc(NC(=O)Cc2csc(=S)[nH]2)cc1-c1ccccc1C)C(=O)O. The van der Waals surface area contributed by atoms with Crippen LogP contribution in [-0.4, -0.2) is 45.9 Å². The Labute approximate surface area is 211 Å². The van der Waals surface area contributed by atoms with Crippen molar-refractivity contribution in [3.8, 4) is 11.1 Å². The summed E-state index contributed by atoms with van der Waals surface area (Å²) in [7, 11) is 0. The van der Waals surface area contributed by atoms with E-state index in [-0.39, 0.29) is 12.3 Å². The molecule has 0 spiro atoms. The maximum absolute atomic E-state index is 13.1. The summed E-state index contributed by atoms with van der Waals surface area (Å²) in [5, 5.41) is 16.8. The van der Waals surface area contributed by atoms with Crippen LogP contribution in [0.4, 0.5) is 5.69 Å². The molecule has 3 rings (SSSR count). The quantitative estimate of drug-likeness (QED) is 0.286. The standard InChI is InChI=1S/C24H25N3O4S3/c1-14-5-3-4-6-17(14)19-11-15(25-21(28)12-16-13-34-24(32)26-16)7-8-18(19)22(29)27-20(23(30)31)9-10-33-2/h3-8,11,13,20H,9-10,12H2,1-2H3,(H,25,28)(H,26,32)(H,27,29)(H,30,31)/t20-/m0/s1. The third-order valence-corrected chi connectivity index (χ3v) is 6.87. The summed E-state index contributed by atoms with van der Waals surface area (Å²) in [4.78, 5) is 40.3. The number of nitrogens with one attached hydrogen (secondary N) is 3.